The fourth-order valence-corrected chi connectivity index (χ4v) is 5.18. The summed E-state index contributed by atoms with van der Waals surface area (Å²) in [6, 6.07) is 1.73. The molecule has 17 heavy (non-hydrogen) atoms. The van der Waals surface area contributed by atoms with Gasteiger partial charge in [0.05, 0.1) is 14.8 Å². The minimum atomic E-state index is -0.989. The summed E-state index contributed by atoms with van der Waals surface area (Å²) in [6.07, 6.45) is 0. The topological polar surface area (TPSA) is 66.4 Å². The maximum atomic E-state index is 11.1. The fourth-order valence-electron chi connectivity index (χ4n) is 1.08. The van der Waals surface area contributed by atoms with Crippen LogP contribution in [-0.2, 0) is 4.79 Å². The standard InChI is InChI=1S/C9H6I3NO3.Na.H/c1-3(14)13-8-5(11)2-4(10)6(7(8)12)9(15)16;;/h2H,1H3,(H,13,14)(H,15,16);;/q;+1;-1. The molecule has 88 valence electrons. The van der Waals surface area contributed by atoms with Crippen molar-refractivity contribution in [3.05, 3.63) is 22.3 Å². The number of carbonyl (C=O) groups is 2. The number of halogens is 3. The van der Waals surface area contributed by atoms with Gasteiger partial charge < -0.3 is 11.8 Å². The molecule has 0 unspecified atom stereocenters. The van der Waals surface area contributed by atoms with E-state index in [9.17, 15) is 9.59 Å². The minimum absolute atomic E-state index is 0. The summed E-state index contributed by atoms with van der Waals surface area (Å²) in [7, 11) is 0. The van der Waals surface area contributed by atoms with E-state index >= 15 is 0 Å². The van der Waals surface area contributed by atoms with E-state index in [2.05, 4.69) is 27.9 Å². The number of rotatable bonds is 2. The van der Waals surface area contributed by atoms with Gasteiger partial charge >= 0.3 is 35.5 Å². The number of hydrogen-bond acceptors (Lipinski definition) is 2. The summed E-state index contributed by atoms with van der Waals surface area (Å²) in [5.74, 6) is -1.20. The van der Waals surface area contributed by atoms with Crippen molar-refractivity contribution in [1.82, 2.24) is 0 Å². The number of hydrogen-bond donors (Lipinski definition) is 2. The van der Waals surface area contributed by atoms with Crippen LogP contribution in [0.4, 0.5) is 5.69 Å². The Hall–Kier alpha value is 1.35. The number of nitrogens with one attached hydrogen (secondary N) is 1. The van der Waals surface area contributed by atoms with Crippen LogP contribution in [0.5, 0.6) is 0 Å². The van der Waals surface area contributed by atoms with Crippen LogP contribution in [0.1, 0.15) is 18.7 Å². The molecule has 4 nitrogen and oxygen atoms in total. The van der Waals surface area contributed by atoms with Crippen LogP contribution in [0.15, 0.2) is 6.07 Å². The van der Waals surface area contributed by atoms with Gasteiger partial charge in [-0.2, -0.15) is 0 Å². The molecule has 0 radical (unpaired) electrons. The van der Waals surface area contributed by atoms with Crippen LogP contribution in [0.2, 0.25) is 0 Å². The van der Waals surface area contributed by atoms with E-state index in [1.807, 2.05) is 45.2 Å². The summed E-state index contributed by atoms with van der Waals surface area (Å²) in [5, 5.41) is 11.7. The van der Waals surface area contributed by atoms with Gasteiger partial charge in [-0.25, -0.2) is 4.79 Å². The molecule has 0 aliphatic carbocycles. The molecule has 0 fully saturated rings. The molecule has 0 saturated carbocycles. The molecular weight excluding hydrogens is 574 g/mol. The Kier molecular flexibility index (Phi) is 8.44. The third kappa shape index (κ3) is 4.75. The van der Waals surface area contributed by atoms with Crippen molar-refractivity contribution in [3.8, 4) is 0 Å². The van der Waals surface area contributed by atoms with Gasteiger partial charge in [-0.1, -0.05) is 0 Å². The average Bonchev–Trinajstić information content (AvgIpc) is 2.10. The maximum Gasteiger partial charge on any atom is 1.00 e. The molecule has 0 heterocycles. The van der Waals surface area contributed by atoms with Gasteiger partial charge in [0.15, 0.2) is 0 Å². The van der Waals surface area contributed by atoms with Crippen LogP contribution >= 0.6 is 67.8 Å². The van der Waals surface area contributed by atoms with Crippen molar-refractivity contribution in [3.63, 3.8) is 0 Å². The predicted molar refractivity (Wildman–Crippen MR) is 87.0 cm³/mol. The molecular formula is C9H7I3NNaO3. The molecule has 0 atom stereocenters. The third-order valence-electron chi connectivity index (χ3n) is 1.68. The molecule has 1 aromatic rings. The van der Waals surface area contributed by atoms with E-state index < -0.39 is 5.97 Å². The summed E-state index contributed by atoms with van der Waals surface area (Å²) in [5.41, 5.74) is 0.789. The number of carboxylic acids is 1. The Bertz CT molecular complexity index is 485. The Morgan fingerprint density at radius 1 is 1.29 bits per heavy atom. The van der Waals surface area contributed by atoms with Gasteiger partial charge in [-0.05, 0) is 73.8 Å². The quantitative estimate of drug-likeness (QED) is 0.390. The number of benzene rings is 1. The molecule has 1 aromatic carbocycles. The normalized spacial score (nSPS) is 9.41. The first-order chi connectivity index (χ1) is 7.34. The van der Waals surface area contributed by atoms with Gasteiger partial charge in [0.25, 0.3) is 0 Å². The first-order valence-corrected chi connectivity index (χ1v) is 7.26. The van der Waals surface area contributed by atoms with Crippen LogP contribution in [0.3, 0.4) is 0 Å². The van der Waals surface area contributed by atoms with Gasteiger partial charge in [0.2, 0.25) is 5.91 Å². The Labute approximate surface area is 163 Å². The smallest absolute Gasteiger partial charge is 1.00 e. The van der Waals surface area contributed by atoms with Gasteiger partial charge in [0.1, 0.15) is 0 Å². The van der Waals surface area contributed by atoms with Crippen molar-refractivity contribution in [2.75, 3.05) is 5.32 Å². The Morgan fingerprint density at radius 2 is 1.82 bits per heavy atom. The van der Waals surface area contributed by atoms with Crippen molar-refractivity contribution in [2.24, 2.45) is 0 Å². The molecule has 1 rings (SSSR count). The molecule has 2 N–H and O–H groups in total. The van der Waals surface area contributed by atoms with E-state index in [1.54, 1.807) is 6.07 Å². The molecule has 0 saturated heterocycles. The first kappa shape index (κ1) is 18.4. The number of anilines is 1. The van der Waals surface area contributed by atoms with E-state index in [-0.39, 0.29) is 42.5 Å². The van der Waals surface area contributed by atoms with E-state index in [4.69, 9.17) is 5.11 Å². The van der Waals surface area contributed by atoms with Crippen molar-refractivity contribution >= 4 is 85.3 Å². The summed E-state index contributed by atoms with van der Waals surface area (Å²) in [6.45, 7) is 1.39. The van der Waals surface area contributed by atoms with Gasteiger partial charge in [0, 0.05) is 14.1 Å². The molecule has 1 amide bonds. The second kappa shape index (κ2) is 7.82. The molecule has 8 heteroatoms. The maximum absolute atomic E-state index is 11.1. The van der Waals surface area contributed by atoms with Crippen LogP contribution in [0.25, 0.3) is 0 Å². The molecule has 0 aromatic heterocycles. The zero-order valence-electron chi connectivity index (χ0n) is 9.97. The second-order valence-corrected chi connectivity index (χ2v) is 6.29. The van der Waals surface area contributed by atoms with Crippen molar-refractivity contribution < 1.29 is 45.7 Å². The fraction of sp³-hybridized carbons (Fsp3) is 0.111. The Balaban J connectivity index is 0. The molecule has 0 aliphatic heterocycles. The summed E-state index contributed by atoms with van der Waals surface area (Å²) < 4.78 is 2.04. The Morgan fingerprint density at radius 3 is 2.24 bits per heavy atom. The monoisotopic (exact) mass is 581 g/mol. The zero-order valence-corrected chi connectivity index (χ0v) is 17.4. The average molecular weight is 581 g/mol. The van der Waals surface area contributed by atoms with Crippen molar-refractivity contribution in [2.45, 2.75) is 6.92 Å². The molecule has 0 aliphatic rings. The first-order valence-electron chi connectivity index (χ1n) is 4.03. The third-order valence-corrected chi connectivity index (χ3v) is 4.47. The SMILES string of the molecule is CC(=O)Nc1c(I)cc(I)c(C(=O)O)c1I.[H-].[Na+]. The minimum Gasteiger partial charge on any atom is -1.00 e. The summed E-state index contributed by atoms with van der Waals surface area (Å²) >= 11 is 5.98. The molecule has 0 bridgehead atoms. The van der Waals surface area contributed by atoms with Gasteiger partial charge in [-0.15, -0.1) is 0 Å². The van der Waals surface area contributed by atoms with Crippen molar-refractivity contribution in [1.29, 1.82) is 0 Å². The van der Waals surface area contributed by atoms with Crippen LogP contribution in [0, 0.1) is 10.7 Å². The largest absolute Gasteiger partial charge is 1.00 e. The van der Waals surface area contributed by atoms with Crippen LogP contribution < -0.4 is 34.9 Å². The van der Waals surface area contributed by atoms with Crippen LogP contribution in [-0.4, -0.2) is 17.0 Å². The number of carboxylic acid groups (broad SMARTS) is 1. The predicted octanol–water partition coefficient (Wildman–Crippen LogP) is 0.273. The number of carbonyl (C=O) groups excluding carboxylic acids is 1. The van der Waals surface area contributed by atoms with E-state index in [0.717, 1.165) is 3.57 Å². The van der Waals surface area contributed by atoms with E-state index in [0.29, 0.717) is 12.8 Å². The number of amides is 1. The number of aromatic carboxylic acids is 1. The summed E-state index contributed by atoms with van der Waals surface area (Å²) in [4.78, 5) is 22.1. The second-order valence-electron chi connectivity index (χ2n) is 2.89. The molecule has 0 spiro atoms. The zero-order chi connectivity index (χ0) is 12.5. The van der Waals surface area contributed by atoms with Gasteiger partial charge in [-0.3, -0.25) is 4.79 Å². The van der Waals surface area contributed by atoms with E-state index in [1.165, 1.54) is 6.92 Å².